The van der Waals surface area contributed by atoms with Gasteiger partial charge in [0.2, 0.25) is 5.91 Å². The minimum atomic E-state index is 0.0308. The minimum absolute atomic E-state index is 0.0308. The van der Waals surface area contributed by atoms with E-state index in [1.54, 1.807) is 0 Å². The largest absolute Gasteiger partial charge is 0.352 e. The van der Waals surface area contributed by atoms with Crippen LogP contribution in [0.5, 0.6) is 0 Å². The van der Waals surface area contributed by atoms with Crippen molar-refractivity contribution in [2.75, 3.05) is 19.6 Å². The fraction of sp³-hybridized carbons (Fsp3) is 0.933. The van der Waals surface area contributed by atoms with Gasteiger partial charge >= 0.3 is 0 Å². The van der Waals surface area contributed by atoms with Gasteiger partial charge in [-0.25, -0.2) is 0 Å². The van der Waals surface area contributed by atoms with E-state index in [1.807, 2.05) is 0 Å². The van der Waals surface area contributed by atoms with Crippen molar-refractivity contribution in [1.82, 2.24) is 15.5 Å². The molecule has 0 bridgehead atoms. The van der Waals surface area contributed by atoms with E-state index >= 15 is 0 Å². The zero-order valence-electron chi connectivity index (χ0n) is 12.5. The lowest BCUT2D eigenvalue weighted by molar-refractivity contribution is -0.126. The smallest absolute Gasteiger partial charge is 0.237 e. The number of amides is 1. The van der Waals surface area contributed by atoms with Gasteiger partial charge in [0.05, 0.1) is 6.04 Å². The standard InChI is InChI=1S/C15H29N3O/c1-12-11-14(7-8-16-12)17-15(19)13(2)18-9-5-3-4-6-10-18/h12-14,16H,3-11H2,1-2H3,(H,17,19). The maximum atomic E-state index is 12.4. The average molecular weight is 267 g/mol. The molecule has 2 aliphatic rings. The van der Waals surface area contributed by atoms with E-state index in [0.717, 1.165) is 32.5 Å². The zero-order valence-corrected chi connectivity index (χ0v) is 12.5. The molecule has 19 heavy (non-hydrogen) atoms. The molecule has 0 aromatic heterocycles. The van der Waals surface area contributed by atoms with Gasteiger partial charge in [0.15, 0.2) is 0 Å². The normalized spacial score (nSPS) is 31.5. The van der Waals surface area contributed by atoms with Gasteiger partial charge in [-0.1, -0.05) is 12.8 Å². The second-order valence-corrected chi connectivity index (χ2v) is 6.21. The molecule has 3 atom stereocenters. The summed E-state index contributed by atoms with van der Waals surface area (Å²) >= 11 is 0. The lowest BCUT2D eigenvalue weighted by Crippen LogP contribution is -2.52. The first-order valence-electron chi connectivity index (χ1n) is 7.94. The number of hydrogen-bond donors (Lipinski definition) is 2. The quantitative estimate of drug-likeness (QED) is 0.814. The van der Waals surface area contributed by atoms with Gasteiger partial charge < -0.3 is 10.6 Å². The molecule has 0 radical (unpaired) electrons. The van der Waals surface area contributed by atoms with E-state index in [2.05, 4.69) is 29.4 Å². The van der Waals surface area contributed by atoms with Crippen LogP contribution in [-0.2, 0) is 4.79 Å². The Balaban J connectivity index is 1.80. The monoisotopic (exact) mass is 267 g/mol. The summed E-state index contributed by atoms with van der Waals surface area (Å²) in [4.78, 5) is 14.7. The molecule has 3 unspecified atom stereocenters. The topological polar surface area (TPSA) is 44.4 Å². The highest BCUT2D eigenvalue weighted by molar-refractivity contribution is 5.81. The number of nitrogens with zero attached hydrogens (tertiary/aromatic N) is 1. The highest BCUT2D eigenvalue weighted by Gasteiger charge is 2.25. The fourth-order valence-corrected chi connectivity index (χ4v) is 3.23. The van der Waals surface area contributed by atoms with E-state index in [4.69, 9.17) is 0 Å². The van der Waals surface area contributed by atoms with Crippen LogP contribution < -0.4 is 10.6 Å². The Hall–Kier alpha value is -0.610. The van der Waals surface area contributed by atoms with Gasteiger partial charge in [-0.05, 0) is 59.2 Å². The third-order valence-electron chi connectivity index (χ3n) is 4.54. The van der Waals surface area contributed by atoms with E-state index in [0.29, 0.717) is 12.1 Å². The van der Waals surface area contributed by atoms with Crippen LogP contribution in [0, 0.1) is 0 Å². The highest BCUT2D eigenvalue weighted by atomic mass is 16.2. The lowest BCUT2D eigenvalue weighted by Gasteiger charge is -2.32. The van der Waals surface area contributed by atoms with Crippen LogP contribution in [0.15, 0.2) is 0 Å². The number of carbonyl (C=O) groups excluding carboxylic acids is 1. The van der Waals surface area contributed by atoms with Crippen molar-refractivity contribution in [2.45, 2.75) is 70.5 Å². The van der Waals surface area contributed by atoms with Gasteiger partial charge in [0.1, 0.15) is 0 Å². The van der Waals surface area contributed by atoms with Crippen molar-refractivity contribution in [3.63, 3.8) is 0 Å². The molecule has 2 fully saturated rings. The first kappa shape index (κ1) is 14.8. The summed E-state index contributed by atoms with van der Waals surface area (Å²) in [5, 5.41) is 6.67. The zero-order chi connectivity index (χ0) is 13.7. The summed E-state index contributed by atoms with van der Waals surface area (Å²) in [7, 11) is 0. The Morgan fingerprint density at radius 3 is 2.58 bits per heavy atom. The predicted octanol–water partition coefficient (Wildman–Crippen LogP) is 1.51. The summed E-state index contributed by atoms with van der Waals surface area (Å²) in [6.45, 7) is 7.43. The van der Waals surface area contributed by atoms with E-state index in [1.165, 1.54) is 25.7 Å². The van der Waals surface area contributed by atoms with Crippen LogP contribution >= 0.6 is 0 Å². The number of hydrogen-bond acceptors (Lipinski definition) is 3. The molecule has 0 aromatic rings. The van der Waals surface area contributed by atoms with Gasteiger partial charge in [0, 0.05) is 12.1 Å². The van der Waals surface area contributed by atoms with Crippen LogP contribution in [0.25, 0.3) is 0 Å². The Bertz CT molecular complexity index is 287. The molecule has 4 nitrogen and oxygen atoms in total. The summed E-state index contributed by atoms with van der Waals surface area (Å²) in [6, 6.07) is 0.911. The maximum Gasteiger partial charge on any atom is 0.237 e. The molecule has 0 aliphatic carbocycles. The Kier molecular flexibility index (Phi) is 5.64. The molecule has 1 amide bonds. The Morgan fingerprint density at radius 1 is 1.26 bits per heavy atom. The molecule has 0 saturated carbocycles. The lowest BCUT2D eigenvalue weighted by atomic mass is 10.0. The van der Waals surface area contributed by atoms with Gasteiger partial charge in [-0.2, -0.15) is 0 Å². The number of piperidine rings is 1. The molecule has 0 aromatic carbocycles. The van der Waals surface area contributed by atoms with Gasteiger partial charge in [0.25, 0.3) is 0 Å². The second kappa shape index (κ2) is 7.25. The molecule has 2 rings (SSSR count). The van der Waals surface area contributed by atoms with Crippen molar-refractivity contribution >= 4 is 5.91 Å². The molecule has 2 N–H and O–H groups in total. The van der Waals surface area contributed by atoms with Crippen LogP contribution in [-0.4, -0.2) is 48.6 Å². The average Bonchev–Trinajstić information content (AvgIpc) is 2.66. The van der Waals surface area contributed by atoms with Crippen LogP contribution in [0.3, 0.4) is 0 Å². The summed E-state index contributed by atoms with van der Waals surface area (Å²) in [5.74, 6) is 0.223. The number of nitrogens with one attached hydrogen (secondary N) is 2. The molecule has 2 aliphatic heterocycles. The van der Waals surface area contributed by atoms with Crippen LogP contribution in [0.4, 0.5) is 0 Å². The Morgan fingerprint density at radius 2 is 1.95 bits per heavy atom. The van der Waals surface area contributed by atoms with Gasteiger partial charge in [-0.15, -0.1) is 0 Å². The Labute approximate surface area is 117 Å². The van der Waals surface area contributed by atoms with E-state index in [-0.39, 0.29) is 11.9 Å². The first-order valence-corrected chi connectivity index (χ1v) is 7.94. The SMILES string of the molecule is CC1CC(NC(=O)C(C)N2CCCCCC2)CCN1. The molecular weight excluding hydrogens is 238 g/mol. The molecule has 2 saturated heterocycles. The summed E-state index contributed by atoms with van der Waals surface area (Å²) in [5.41, 5.74) is 0. The van der Waals surface area contributed by atoms with Crippen molar-refractivity contribution in [1.29, 1.82) is 0 Å². The number of carbonyl (C=O) groups is 1. The van der Waals surface area contributed by atoms with Crippen molar-refractivity contribution in [3.8, 4) is 0 Å². The third-order valence-corrected chi connectivity index (χ3v) is 4.54. The first-order chi connectivity index (χ1) is 9.16. The molecule has 0 spiro atoms. The summed E-state index contributed by atoms with van der Waals surface area (Å²) < 4.78 is 0. The van der Waals surface area contributed by atoms with E-state index < -0.39 is 0 Å². The van der Waals surface area contributed by atoms with Crippen LogP contribution in [0.1, 0.15) is 52.4 Å². The fourth-order valence-electron chi connectivity index (χ4n) is 3.23. The molecule has 2 heterocycles. The predicted molar refractivity (Wildman–Crippen MR) is 78.1 cm³/mol. The molecule has 4 heteroatoms. The number of rotatable bonds is 3. The molecule has 110 valence electrons. The maximum absolute atomic E-state index is 12.4. The third kappa shape index (κ3) is 4.46. The van der Waals surface area contributed by atoms with Crippen LogP contribution in [0.2, 0.25) is 0 Å². The van der Waals surface area contributed by atoms with Crippen molar-refractivity contribution in [3.05, 3.63) is 0 Å². The van der Waals surface area contributed by atoms with E-state index in [9.17, 15) is 4.79 Å². The van der Waals surface area contributed by atoms with Gasteiger partial charge in [-0.3, -0.25) is 9.69 Å². The molecular formula is C15H29N3O. The second-order valence-electron chi connectivity index (χ2n) is 6.21. The van der Waals surface area contributed by atoms with Crippen molar-refractivity contribution < 1.29 is 4.79 Å². The van der Waals surface area contributed by atoms with Crippen molar-refractivity contribution in [2.24, 2.45) is 0 Å². The summed E-state index contributed by atoms with van der Waals surface area (Å²) in [6.07, 6.45) is 7.22. The number of likely N-dealkylation sites (tertiary alicyclic amines) is 1. The minimum Gasteiger partial charge on any atom is -0.352 e. The highest BCUT2D eigenvalue weighted by Crippen LogP contribution is 2.14.